The fourth-order valence-electron chi connectivity index (χ4n) is 3.11. The van der Waals surface area contributed by atoms with Crippen LogP contribution in [0.3, 0.4) is 0 Å². The maximum Gasteiger partial charge on any atom is 0.341 e. The number of amides is 2. The van der Waals surface area contributed by atoms with Crippen LogP contribution in [0.5, 0.6) is 0 Å². The van der Waals surface area contributed by atoms with Crippen LogP contribution in [0.2, 0.25) is 0 Å². The van der Waals surface area contributed by atoms with Gasteiger partial charge in [-0.05, 0) is 37.1 Å². The lowest BCUT2D eigenvalue weighted by Crippen LogP contribution is -2.15. The molecule has 0 aromatic carbocycles. The molecule has 0 unspecified atom stereocenters. The normalized spacial score (nSPS) is 11.3. The van der Waals surface area contributed by atoms with Crippen molar-refractivity contribution in [1.82, 2.24) is 9.78 Å². The number of nitrogens with two attached hydrogens (primary N) is 1. The van der Waals surface area contributed by atoms with Crippen LogP contribution in [-0.2, 0) is 11.3 Å². The zero-order valence-electron chi connectivity index (χ0n) is 18.4. The minimum Gasteiger partial charge on any atom is -0.462 e. The minimum absolute atomic E-state index is 0.00833. The molecule has 0 bridgehead atoms. The molecule has 0 saturated heterocycles. The average Bonchev–Trinajstić information content (AvgIpc) is 3.50. The van der Waals surface area contributed by atoms with E-state index >= 15 is 0 Å². The Morgan fingerprint density at radius 3 is 2.54 bits per heavy atom. The Morgan fingerprint density at radius 1 is 1.23 bits per heavy atom. The maximum atomic E-state index is 13.2. The molecule has 9 nitrogen and oxygen atoms in total. The molecule has 35 heavy (non-hydrogen) atoms. The number of halogens is 4. The number of rotatable bonds is 10. The van der Waals surface area contributed by atoms with E-state index in [2.05, 4.69) is 10.4 Å². The van der Waals surface area contributed by atoms with Crippen LogP contribution >= 0.6 is 11.3 Å². The molecular formula is C21H20F4N4O5S. The molecule has 0 aliphatic heterocycles. The first kappa shape index (κ1) is 25.9. The van der Waals surface area contributed by atoms with Gasteiger partial charge in [-0.3, -0.25) is 14.3 Å². The van der Waals surface area contributed by atoms with E-state index in [0.29, 0.717) is 17.2 Å². The zero-order valence-corrected chi connectivity index (χ0v) is 19.3. The van der Waals surface area contributed by atoms with Crippen LogP contribution in [0.15, 0.2) is 22.6 Å². The van der Waals surface area contributed by atoms with Gasteiger partial charge in [0.05, 0.1) is 23.6 Å². The lowest BCUT2D eigenvalue weighted by molar-refractivity contribution is 0.0506. The molecule has 3 aromatic heterocycles. The standard InChI is InChI=1S/C21H20F4N4O5S/c1-3-6-33-21(32)14-9(2)15(18(26)30)35-20(14)27-19(31)13-5-4-10(34-13)8-29-12(17(24)25)7-11(28-29)16(22)23/h4-5,7,16-17H,3,6,8H2,1-2H3,(H2,26,30)(H,27,31). The third-order valence-corrected chi connectivity index (χ3v) is 5.93. The van der Waals surface area contributed by atoms with Gasteiger partial charge in [0, 0.05) is 0 Å². The number of carbonyl (C=O) groups excluding carboxylic acids is 3. The number of alkyl halides is 4. The van der Waals surface area contributed by atoms with Crippen LogP contribution in [0.1, 0.15) is 79.5 Å². The first-order valence-electron chi connectivity index (χ1n) is 10.2. The number of primary amides is 1. The van der Waals surface area contributed by atoms with Crippen molar-refractivity contribution in [3.05, 3.63) is 57.1 Å². The van der Waals surface area contributed by atoms with Gasteiger partial charge in [0.1, 0.15) is 22.1 Å². The molecule has 188 valence electrons. The Bertz CT molecular complexity index is 1250. The zero-order chi connectivity index (χ0) is 25.9. The topological polar surface area (TPSA) is 129 Å². The van der Waals surface area contributed by atoms with Gasteiger partial charge in [-0.2, -0.15) is 5.10 Å². The Labute approximate surface area is 199 Å². The molecule has 0 radical (unpaired) electrons. The first-order valence-corrected chi connectivity index (χ1v) is 11.0. The van der Waals surface area contributed by atoms with E-state index in [9.17, 15) is 31.9 Å². The molecule has 3 heterocycles. The van der Waals surface area contributed by atoms with Crippen molar-refractivity contribution >= 4 is 34.1 Å². The van der Waals surface area contributed by atoms with E-state index in [1.165, 1.54) is 19.1 Å². The van der Waals surface area contributed by atoms with Gasteiger partial charge in [-0.1, -0.05) is 6.92 Å². The van der Waals surface area contributed by atoms with Crippen molar-refractivity contribution < 1.29 is 41.1 Å². The molecule has 3 N–H and O–H groups in total. The summed E-state index contributed by atoms with van der Waals surface area (Å²) in [4.78, 5) is 37.0. The summed E-state index contributed by atoms with van der Waals surface area (Å²) in [6.45, 7) is 2.97. The molecular weight excluding hydrogens is 496 g/mol. The summed E-state index contributed by atoms with van der Waals surface area (Å²) in [6.07, 6.45) is -5.54. The number of esters is 1. The van der Waals surface area contributed by atoms with Gasteiger partial charge >= 0.3 is 5.97 Å². The third kappa shape index (κ3) is 5.70. The van der Waals surface area contributed by atoms with E-state index < -0.39 is 48.6 Å². The van der Waals surface area contributed by atoms with Crippen LogP contribution in [-0.4, -0.2) is 34.2 Å². The molecule has 14 heteroatoms. The van der Waals surface area contributed by atoms with Crippen molar-refractivity contribution in [2.75, 3.05) is 11.9 Å². The summed E-state index contributed by atoms with van der Waals surface area (Å²) in [5, 5.41) is 5.94. The van der Waals surface area contributed by atoms with E-state index in [1.54, 1.807) is 6.92 Å². The monoisotopic (exact) mass is 516 g/mol. The number of carbonyl (C=O) groups is 3. The van der Waals surface area contributed by atoms with Crippen molar-refractivity contribution in [3.63, 3.8) is 0 Å². The van der Waals surface area contributed by atoms with E-state index in [1.807, 2.05) is 0 Å². The molecule has 0 saturated carbocycles. The highest BCUT2D eigenvalue weighted by atomic mass is 32.1. The number of hydrogen-bond donors (Lipinski definition) is 2. The fourth-order valence-corrected chi connectivity index (χ4v) is 4.15. The molecule has 0 aliphatic rings. The number of furan rings is 1. The average molecular weight is 516 g/mol. The van der Waals surface area contributed by atoms with Gasteiger partial charge in [0.2, 0.25) is 0 Å². The summed E-state index contributed by atoms with van der Waals surface area (Å²) >= 11 is 0.782. The predicted octanol–water partition coefficient (Wildman–Crippen LogP) is 4.69. The summed E-state index contributed by atoms with van der Waals surface area (Å²) < 4.78 is 63.2. The summed E-state index contributed by atoms with van der Waals surface area (Å²) in [5.74, 6) is -2.64. The molecule has 3 rings (SSSR count). The maximum absolute atomic E-state index is 13.2. The Balaban J connectivity index is 1.83. The van der Waals surface area contributed by atoms with Gasteiger partial charge in [-0.25, -0.2) is 22.4 Å². The predicted molar refractivity (Wildman–Crippen MR) is 116 cm³/mol. The van der Waals surface area contributed by atoms with E-state index in [0.717, 1.165) is 11.3 Å². The van der Waals surface area contributed by atoms with Gasteiger partial charge in [-0.15, -0.1) is 11.3 Å². The molecule has 0 fully saturated rings. The Morgan fingerprint density at radius 2 is 1.94 bits per heavy atom. The summed E-state index contributed by atoms with van der Waals surface area (Å²) in [5.41, 5.74) is 4.01. The van der Waals surface area contributed by atoms with Gasteiger partial charge in [0.15, 0.2) is 5.76 Å². The van der Waals surface area contributed by atoms with Crippen molar-refractivity contribution in [2.45, 2.75) is 39.7 Å². The lowest BCUT2D eigenvalue weighted by atomic mass is 10.1. The fraction of sp³-hybridized carbons (Fsp3) is 0.333. The van der Waals surface area contributed by atoms with Crippen molar-refractivity contribution in [1.29, 1.82) is 0 Å². The molecule has 0 aliphatic carbocycles. The number of nitrogens with zero attached hydrogens (tertiary/aromatic N) is 2. The molecule has 2 amide bonds. The van der Waals surface area contributed by atoms with Crippen LogP contribution in [0.4, 0.5) is 22.6 Å². The van der Waals surface area contributed by atoms with E-state index in [4.69, 9.17) is 14.9 Å². The number of aromatic nitrogens is 2. The highest BCUT2D eigenvalue weighted by Crippen LogP contribution is 2.34. The van der Waals surface area contributed by atoms with Crippen LogP contribution in [0, 0.1) is 6.92 Å². The van der Waals surface area contributed by atoms with Crippen LogP contribution in [0.25, 0.3) is 0 Å². The second-order valence-electron chi connectivity index (χ2n) is 7.23. The van der Waals surface area contributed by atoms with Crippen molar-refractivity contribution in [2.24, 2.45) is 5.73 Å². The number of hydrogen-bond acceptors (Lipinski definition) is 7. The minimum atomic E-state index is -3.06. The first-order chi connectivity index (χ1) is 16.5. The number of anilines is 1. The summed E-state index contributed by atoms with van der Waals surface area (Å²) in [7, 11) is 0. The van der Waals surface area contributed by atoms with E-state index in [-0.39, 0.29) is 39.1 Å². The smallest absolute Gasteiger partial charge is 0.341 e. The Hall–Kier alpha value is -3.68. The molecule has 0 spiro atoms. The third-order valence-electron chi connectivity index (χ3n) is 4.71. The molecule has 0 atom stereocenters. The largest absolute Gasteiger partial charge is 0.462 e. The second-order valence-corrected chi connectivity index (χ2v) is 8.25. The quantitative estimate of drug-likeness (QED) is 0.297. The SMILES string of the molecule is CCCOC(=O)c1c(NC(=O)c2ccc(Cn3nc(C(F)F)cc3C(F)F)o2)sc(C(N)=O)c1C. The number of ether oxygens (including phenoxy) is 1. The van der Waals surface area contributed by atoms with Crippen molar-refractivity contribution in [3.8, 4) is 0 Å². The van der Waals surface area contributed by atoms with Crippen LogP contribution < -0.4 is 11.1 Å². The second kappa shape index (κ2) is 10.7. The summed E-state index contributed by atoms with van der Waals surface area (Å²) in [6, 6.07) is 3.12. The number of nitrogens with one attached hydrogen (secondary N) is 1. The highest BCUT2D eigenvalue weighted by Gasteiger charge is 2.27. The molecule has 3 aromatic rings. The number of thiophene rings is 1. The van der Waals surface area contributed by atoms with Gasteiger partial charge in [0.25, 0.3) is 24.7 Å². The lowest BCUT2D eigenvalue weighted by Gasteiger charge is -2.07. The highest BCUT2D eigenvalue weighted by molar-refractivity contribution is 7.18. The Kier molecular flexibility index (Phi) is 7.94. The van der Waals surface area contributed by atoms with Gasteiger partial charge < -0.3 is 20.2 Å².